The first kappa shape index (κ1) is 49.8. The molecule has 368 valence electrons. The number of rotatable bonds is 15. The Hall–Kier alpha value is -6.61. The third-order valence-corrected chi connectivity index (χ3v) is 13.0. The first-order valence-corrected chi connectivity index (χ1v) is 24.9. The van der Waals surface area contributed by atoms with Gasteiger partial charge in [0.25, 0.3) is 11.8 Å². The number of ether oxygens (including phenoxy) is 1. The lowest BCUT2D eigenvalue weighted by Gasteiger charge is -2.14. The van der Waals surface area contributed by atoms with Crippen LogP contribution in [0.5, 0.6) is 11.5 Å². The summed E-state index contributed by atoms with van der Waals surface area (Å²) in [4.78, 5) is 33.9. The van der Waals surface area contributed by atoms with Gasteiger partial charge in [-0.1, -0.05) is 22.0 Å². The van der Waals surface area contributed by atoms with Gasteiger partial charge in [0.2, 0.25) is 0 Å². The molecule has 0 atom stereocenters. The molecule has 2 amide bonds. The van der Waals surface area contributed by atoms with E-state index in [1.807, 2.05) is 42.7 Å². The number of halogens is 7. The summed E-state index contributed by atoms with van der Waals surface area (Å²) in [5.74, 6) is 0.309. The SMILES string of the molecule is Cc1cc(-n2cnc3c(NCCC(F)(F)F)cc(Br)cc32)ccc1C(=O)NC1CC1.Cc1cc(-n2cnc3c(NCCC(F)(F)F)cc(Oc4cccc(S(C)(=O)=O)c4)cc32)ccc1C(=O)NC1CC1. The third kappa shape index (κ3) is 12.6. The molecule has 2 aromatic heterocycles. The van der Waals surface area contributed by atoms with Gasteiger partial charge >= 0.3 is 12.4 Å². The van der Waals surface area contributed by atoms with E-state index in [4.69, 9.17) is 4.74 Å². The van der Waals surface area contributed by atoms with Crippen LogP contribution in [0.15, 0.2) is 107 Å². The number of carbonyl (C=O) groups is 2. The van der Waals surface area contributed by atoms with E-state index in [1.54, 1.807) is 59.7 Å². The van der Waals surface area contributed by atoms with Crippen LogP contribution < -0.4 is 26.0 Å². The van der Waals surface area contributed by atoms with Crippen molar-refractivity contribution >= 4 is 71.0 Å². The highest BCUT2D eigenvalue weighted by molar-refractivity contribution is 9.10. The maximum absolute atomic E-state index is 12.8. The zero-order valence-electron chi connectivity index (χ0n) is 37.9. The molecule has 2 aliphatic carbocycles. The summed E-state index contributed by atoms with van der Waals surface area (Å²) in [5, 5.41) is 11.6. The number of nitrogens with zero attached hydrogens (tertiary/aromatic N) is 4. The van der Waals surface area contributed by atoms with Gasteiger partial charge in [0.15, 0.2) is 9.84 Å². The average Bonchev–Trinajstić information content (AvgIpc) is 4.19. The van der Waals surface area contributed by atoms with Crippen molar-refractivity contribution in [2.24, 2.45) is 0 Å². The number of sulfone groups is 1. The van der Waals surface area contributed by atoms with E-state index in [-0.39, 0.29) is 53.4 Å². The van der Waals surface area contributed by atoms with Crippen LogP contribution in [0.4, 0.5) is 37.7 Å². The lowest BCUT2D eigenvalue weighted by atomic mass is 10.1. The number of amides is 2. The molecule has 13 nitrogen and oxygen atoms in total. The van der Waals surface area contributed by atoms with Crippen molar-refractivity contribution in [1.82, 2.24) is 29.7 Å². The second-order valence-electron chi connectivity index (χ2n) is 17.3. The summed E-state index contributed by atoms with van der Waals surface area (Å²) in [5.41, 5.74) is 7.44. The molecule has 21 heteroatoms. The first-order valence-electron chi connectivity index (χ1n) is 22.2. The van der Waals surface area contributed by atoms with Gasteiger partial charge in [-0.15, -0.1) is 0 Å². The van der Waals surface area contributed by atoms with E-state index in [2.05, 4.69) is 47.2 Å². The number of imidazole rings is 2. The van der Waals surface area contributed by atoms with Gasteiger partial charge in [0.1, 0.15) is 35.2 Å². The van der Waals surface area contributed by atoms with Crippen molar-refractivity contribution in [1.29, 1.82) is 0 Å². The van der Waals surface area contributed by atoms with Crippen molar-refractivity contribution in [3.05, 3.63) is 124 Å². The quantitative estimate of drug-likeness (QED) is 0.0733. The Morgan fingerprint density at radius 2 is 1.16 bits per heavy atom. The lowest BCUT2D eigenvalue weighted by molar-refractivity contribution is -0.132. The van der Waals surface area contributed by atoms with Gasteiger partial charge in [0, 0.05) is 70.5 Å². The van der Waals surface area contributed by atoms with Crippen LogP contribution >= 0.6 is 15.9 Å². The number of nitrogens with one attached hydrogen (secondary N) is 4. The van der Waals surface area contributed by atoms with E-state index >= 15 is 0 Å². The summed E-state index contributed by atoms with van der Waals surface area (Å²) >= 11 is 3.42. The van der Waals surface area contributed by atoms with E-state index in [9.17, 15) is 44.3 Å². The second kappa shape index (κ2) is 20.0. The minimum Gasteiger partial charge on any atom is -0.457 e. The fourth-order valence-corrected chi connectivity index (χ4v) is 8.68. The Balaban J connectivity index is 0.000000196. The molecular weight excluding hydrogens is 1010 g/mol. The number of carbonyl (C=O) groups excluding carboxylic acids is 2. The number of hydrogen-bond donors (Lipinski definition) is 4. The first-order chi connectivity index (χ1) is 33.1. The molecule has 0 spiro atoms. The molecule has 0 unspecified atom stereocenters. The molecule has 2 heterocycles. The highest BCUT2D eigenvalue weighted by Crippen LogP contribution is 2.35. The van der Waals surface area contributed by atoms with Crippen molar-refractivity contribution in [3.63, 3.8) is 0 Å². The topological polar surface area (TPSA) is 161 Å². The highest BCUT2D eigenvalue weighted by atomic mass is 79.9. The number of aromatic nitrogens is 4. The zero-order valence-corrected chi connectivity index (χ0v) is 40.3. The molecule has 7 aromatic rings. The Morgan fingerprint density at radius 1 is 0.671 bits per heavy atom. The highest BCUT2D eigenvalue weighted by Gasteiger charge is 2.29. The predicted molar refractivity (Wildman–Crippen MR) is 258 cm³/mol. The number of fused-ring (bicyclic) bond motifs is 2. The average molecular weight is 1050 g/mol. The third-order valence-electron chi connectivity index (χ3n) is 11.4. The van der Waals surface area contributed by atoms with Crippen LogP contribution in [-0.4, -0.2) is 83.1 Å². The van der Waals surface area contributed by atoms with E-state index in [0.717, 1.165) is 58.7 Å². The van der Waals surface area contributed by atoms with E-state index < -0.39 is 35.0 Å². The molecular formula is C49H47BrF6N8O5S. The van der Waals surface area contributed by atoms with E-state index in [0.29, 0.717) is 44.7 Å². The van der Waals surface area contributed by atoms with Gasteiger partial charge in [-0.3, -0.25) is 18.7 Å². The molecule has 5 aromatic carbocycles. The van der Waals surface area contributed by atoms with Crippen LogP contribution in [-0.2, 0) is 9.84 Å². The maximum Gasteiger partial charge on any atom is 0.390 e. The molecule has 0 aliphatic heterocycles. The van der Waals surface area contributed by atoms with Crippen LogP contribution in [0, 0.1) is 13.8 Å². The van der Waals surface area contributed by atoms with Crippen LogP contribution in [0.25, 0.3) is 33.4 Å². The monoisotopic (exact) mass is 1050 g/mol. The predicted octanol–water partition coefficient (Wildman–Crippen LogP) is 11.1. The summed E-state index contributed by atoms with van der Waals surface area (Å²) in [7, 11) is -3.48. The summed E-state index contributed by atoms with van der Waals surface area (Å²) in [6.45, 7) is 3.11. The maximum atomic E-state index is 12.8. The molecule has 70 heavy (non-hydrogen) atoms. The number of aryl methyl sites for hydroxylation is 2. The van der Waals surface area contributed by atoms with Crippen molar-refractivity contribution in [2.45, 2.75) is 81.7 Å². The van der Waals surface area contributed by atoms with Crippen molar-refractivity contribution < 1.29 is 49.1 Å². The van der Waals surface area contributed by atoms with Gasteiger partial charge in [-0.05, 0) is 117 Å². The minimum atomic E-state index is -4.34. The molecule has 2 fully saturated rings. The molecule has 2 saturated carbocycles. The molecule has 4 N–H and O–H groups in total. The molecule has 9 rings (SSSR count). The molecule has 0 radical (unpaired) electrons. The standard InChI is InChI=1S/C28H27F3N4O4S.C21H20BrF3N4O/c1-17-12-19(8-9-23(17)27(36)34-18-6-7-18)35-16-33-26-24(32-11-10-28(29,30)31)14-21(15-25(26)35)39-20-4-3-5-22(13-20)40(2,37)38;1-12-8-15(4-5-16(12)20(30)28-14-2-3-14)29-11-27-19-17(9-13(22)10-18(19)29)26-7-6-21(23,24)25/h3-5,8-9,12-16,18,32H,6-7,10-11H2,1-2H3,(H,34,36);4-5,8-11,14,26H,2-3,6-7H2,1H3,(H,28,30). The fourth-order valence-electron chi connectivity index (χ4n) is 7.58. The van der Waals surface area contributed by atoms with Gasteiger partial charge in [0.05, 0.1) is 40.1 Å². The fraction of sp³-hybridized carbons (Fsp3) is 0.306. The minimum absolute atomic E-state index is 0.0703. The van der Waals surface area contributed by atoms with Crippen LogP contribution in [0.2, 0.25) is 0 Å². The van der Waals surface area contributed by atoms with Crippen LogP contribution in [0.3, 0.4) is 0 Å². The van der Waals surface area contributed by atoms with Gasteiger partial charge in [-0.25, -0.2) is 18.4 Å². The second-order valence-corrected chi connectivity index (χ2v) is 20.2. The molecule has 0 saturated heterocycles. The van der Waals surface area contributed by atoms with Gasteiger partial charge in [-0.2, -0.15) is 26.3 Å². The van der Waals surface area contributed by atoms with Crippen molar-refractivity contribution in [2.75, 3.05) is 30.0 Å². The number of benzene rings is 5. The Kier molecular flexibility index (Phi) is 14.2. The Labute approximate surface area is 407 Å². The Morgan fingerprint density at radius 3 is 1.61 bits per heavy atom. The lowest BCUT2D eigenvalue weighted by Crippen LogP contribution is -2.26. The normalized spacial score (nSPS) is 14.0. The van der Waals surface area contributed by atoms with Crippen molar-refractivity contribution in [3.8, 4) is 22.9 Å². The summed E-state index contributed by atoms with van der Waals surface area (Å²) < 4.78 is 110. The zero-order chi connectivity index (χ0) is 50.1. The summed E-state index contributed by atoms with van der Waals surface area (Å²) in [6.07, 6.45) is -2.25. The number of anilines is 2. The summed E-state index contributed by atoms with van der Waals surface area (Å²) in [6, 6.07) is 24.1. The molecule has 0 bridgehead atoms. The van der Waals surface area contributed by atoms with E-state index in [1.165, 1.54) is 18.2 Å². The number of alkyl halides is 6. The largest absolute Gasteiger partial charge is 0.457 e. The Bertz CT molecular complexity index is 3220. The number of hydrogen-bond acceptors (Lipinski definition) is 9. The smallest absolute Gasteiger partial charge is 0.390 e. The van der Waals surface area contributed by atoms with Crippen LogP contribution in [0.1, 0.15) is 70.4 Å². The van der Waals surface area contributed by atoms with Gasteiger partial charge < -0.3 is 26.0 Å². The molecule has 2 aliphatic rings.